The van der Waals surface area contributed by atoms with Crippen LogP contribution in [-0.4, -0.2) is 49.4 Å². The third-order valence-electron chi connectivity index (χ3n) is 4.55. The lowest BCUT2D eigenvalue weighted by Crippen LogP contribution is -2.28. The van der Waals surface area contributed by atoms with Gasteiger partial charge in [-0.1, -0.05) is 30.0 Å². The summed E-state index contributed by atoms with van der Waals surface area (Å²) in [6.07, 6.45) is 0.797. The molecule has 0 spiro atoms. The molecule has 0 N–H and O–H groups in total. The average Bonchev–Trinajstić information content (AvgIpc) is 2.70. The number of fused-ring (bicyclic) bond motifs is 1. The van der Waals surface area contributed by atoms with E-state index in [0.717, 1.165) is 35.3 Å². The first-order valence-corrected chi connectivity index (χ1v) is 9.55. The first-order chi connectivity index (χ1) is 13.1. The molecule has 0 radical (unpaired) electrons. The van der Waals surface area contributed by atoms with E-state index in [9.17, 15) is 10.1 Å². The number of likely N-dealkylation sites (N-methyl/N-ethyl adjacent to an activating group) is 1. The Kier molecular flexibility index (Phi) is 5.99. The molecule has 6 nitrogen and oxygen atoms in total. The third-order valence-corrected chi connectivity index (χ3v) is 5.50. The Morgan fingerprint density at radius 3 is 2.85 bits per heavy atom. The fourth-order valence-electron chi connectivity index (χ4n) is 3.21. The molecule has 0 atom stereocenters. The number of aromatic nitrogens is 1. The summed E-state index contributed by atoms with van der Waals surface area (Å²) in [5.41, 5.74) is 4.21. The van der Waals surface area contributed by atoms with Crippen LogP contribution in [0, 0.1) is 11.3 Å². The molecule has 3 rings (SSSR count). The lowest BCUT2D eigenvalue weighted by molar-refractivity contribution is -0.137. The molecule has 0 saturated carbocycles. The molecule has 140 valence electrons. The van der Waals surface area contributed by atoms with Crippen LogP contribution in [0.25, 0.3) is 11.1 Å². The van der Waals surface area contributed by atoms with Crippen molar-refractivity contribution in [1.82, 2.24) is 9.88 Å². The van der Waals surface area contributed by atoms with Crippen molar-refractivity contribution in [1.29, 1.82) is 5.26 Å². The van der Waals surface area contributed by atoms with Crippen LogP contribution >= 0.6 is 11.8 Å². The van der Waals surface area contributed by atoms with Gasteiger partial charge in [0.25, 0.3) is 0 Å². The average molecular weight is 383 g/mol. The van der Waals surface area contributed by atoms with Gasteiger partial charge in [0.2, 0.25) is 0 Å². The SMILES string of the molecule is COC(=O)CSc1nc2c(c(-c3ccccc3OC)c1C#N)CN(C)CC2. The van der Waals surface area contributed by atoms with Gasteiger partial charge in [-0.15, -0.1) is 0 Å². The molecule has 0 amide bonds. The molecule has 7 heteroatoms. The summed E-state index contributed by atoms with van der Waals surface area (Å²) in [7, 11) is 5.03. The summed E-state index contributed by atoms with van der Waals surface area (Å²) in [5, 5.41) is 10.5. The number of methoxy groups -OCH3 is 2. The summed E-state index contributed by atoms with van der Waals surface area (Å²) in [6, 6.07) is 9.99. The standard InChI is InChI=1S/C20H21N3O3S/c1-23-9-8-16-15(11-23)19(13-6-4-5-7-17(13)25-2)14(10-21)20(22-16)27-12-18(24)26-3/h4-7H,8-9,11-12H2,1-3H3. The molecule has 1 aromatic heterocycles. The Labute approximate surface area is 163 Å². The van der Waals surface area contributed by atoms with Crippen molar-refractivity contribution < 1.29 is 14.3 Å². The van der Waals surface area contributed by atoms with E-state index in [4.69, 9.17) is 14.5 Å². The predicted molar refractivity (Wildman–Crippen MR) is 104 cm³/mol. The number of carbonyl (C=O) groups is 1. The monoisotopic (exact) mass is 383 g/mol. The largest absolute Gasteiger partial charge is 0.496 e. The summed E-state index contributed by atoms with van der Waals surface area (Å²) in [6.45, 7) is 1.62. The minimum atomic E-state index is -0.345. The Balaban J connectivity index is 2.22. The number of carbonyl (C=O) groups excluding carboxylic acids is 1. The quantitative estimate of drug-likeness (QED) is 0.580. The van der Waals surface area contributed by atoms with Crippen LogP contribution in [0.5, 0.6) is 5.75 Å². The van der Waals surface area contributed by atoms with Gasteiger partial charge in [0, 0.05) is 36.3 Å². The van der Waals surface area contributed by atoms with Gasteiger partial charge in [-0.3, -0.25) is 4.79 Å². The number of para-hydroxylation sites is 1. The van der Waals surface area contributed by atoms with E-state index in [1.165, 1.54) is 18.9 Å². The van der Waals surface area contributed by atoms with E-state index in [0.29, 0.717) is 22.9 Å². The van der Waals surface area contributed by atoms with Crippen LogP contribution in [0.3, 0.4) is 0 Å². The highest BCUT2D eigenvalue weighted by atomic mass is 32.2. The zero-order chi connectivity index (χ0) is 19.4. The van der Waals surface area contributed by atoms with Gasteiger partial charge >= 0.3 is 5.97 Å². The Morgan fingerprint density at radius 2 is 2.15 bits per heavy atom. The van der Waals surface area contributed by atoms with Crippen LogP contribution in [0.4, 0.5) is 0 Å². The van der Waals surface area contributed by atoms with Gasteiger partial charge in [-0.25, -0.2) is 4.98 Å². The topological polar surface area (TPSA) is 75.5 Å². The number of pyridine rings is 1. The number of hydrogen-bond donors (Lipinski definition) is 0. The molecule has 1 aliphatic rings. The van der Waals surface area contributed by atoms with Crippen molar-refractivity contribution >= 4 is 17.7 Å². The van der Waals surface area contributed by atoms with Crippen molar-refractivity contribution in [2.24, 2.45) is 0 Å². The number of esters is 1. The molecule has 0 unspecified atom stereocenters. The summed E-state index contributed by atoms with van der Waals surface area (Å²) in [4.78, 5) is 18.5. The number of nitrogens with zero attached hydrogens (tertiary/aromatic N) is 3. The lowest BCUT2D eigenvalue weighted by atomic mass is 9.91. The van der Waals surface area contributed by atoms with Crippen LogP contribution in [0.1, 0.15) is 16.8 Å². The van der Waals surface area contributed by atoms with Gasteiger partial charge < -0.3 is 14.4 Å². The van der Waals surface area contributed by atoms with Gasteiger partial charge in [0.15, 0.2) is 0 Å². The molecular formula is C20H21N3O3S. The summed E-state index contributed by atoms with van der Waals surface area (Å²) < 4.78 is 10.3. The van der Waals surface area contributed by atoms with Crippen LogP contribution in [0.2, 0.25) is 0 Å². The lowest BCUT2D eigenvalue weighted by Gasteiger charge is -2.28. The highest BCUT2D eigenvalue weighted by molar-refractivity contribution is 7.99. The van der Waals surface area contributed by atoms with E-state index < -0.39 is 0 Å². The van der Waals surface area contributed by atoms with Gasteiger partial charge in [-0.05, 0) is 18.7 Å². The maximum Gasteiger partial charge on any atom is 0.316 e. The first kappa shape index (κ1) is 19.2. The van der Waals surface area contributed by atoms with Crippen molar-refractivity contribution in [3.8, 4) is 22.9 Å². The second-order valence-corrected chi connectivity index (χ2v) is 7.22. The number of benzene rings is 1. The van der Waals surface area contributed by atoms with Crippen LogP contribution in [-0.2, 0) is 22.5 Å². The van der Waals surface area contributed by atoms with Crippen molar-refractivity contribution in [2.75, 3.05) is 33.6 Å². The smallest absolute Gasteiger partial charge is 0.316 e. The van der Waals surface area contributed by atoms with E-state index in [1.54, 1.807) is 7.11 Å². The second kappa shape index (κ2) is 8.42. The Hall–Kier alpha value is -2.56. The minimum Gasteiger partial charge on any atom is -0.496 e. The molecule has 0 saturated heterocycles. The summed E-state index contributed by atoms with van der Waals surface area (Å²) >= 11 is 1.24. The molecule has 0 bridgehead atoms. The minimum absolute atomic E-state index is 0.113. The zero-order valence-electron chi connectivity index (χ0n) is 15.6. The first-order valence-electron chi connectivity index (χ1n) is 8.56. The highest BCUT2D eigenvalue weighted by Crippen LogP contribution is 2.40. The van der Waals surface area contributed by atoms with Gasteiger partial charge in [-0.2, -0.15) is 5.26 Å². The molecule has 2 heterocycles. The summed E-state index contributed by atoms with van der Waals surface area (Å²) in [5.74, 6) is 0.476. The maximum absolute atomic E-state index is 11.6. The van der Waals surface area contributed by atoms with Crippen LogP contribution in [0.15, 0.2) is 29.3 Å². The molecule has 27 heavy (non-hydrogen) atoms. The molecule has 0 fully saturated rings. The normalized spacial score (nSPS) is 13.6. The molecule has 1 aromatic carbocycles. The van der Waals surface area contributed by atoms with Crippen molar-refractivity contribution in [3.05, 3.63) is 41.1 Å². The van der Waals surface area contributed by atoms with E-state index in [2.05, 4.69) is 18.0 Å². The fraction of sp³-hybridized carbons (Fsp3) is 0.350. The van der Waals surface area contributed by atoms with E-state index in [1.807, 2.05) is 24.3 Å². The Bertz CT molecular complexity index is 908. The number of rotatable bonds is 5. The van der Waals surface area contributed by atoms with E-state index in [-0.39, 0.29) is 11.7 Å². The Morgan fingerprint density at radius 1 is 1.37 bits per heavy atom. The molecule has 2 aromatic rings. The third kappa shape index (κ3) is 3.92. The molecule has 1 aliphatic heterocycles. The van der Waals surface area contributed by atoms with Crippen molar-refractivity contribution in [3.63, 3.8) is 0 Å². The van der Waals surface area contributed by atoms with Crippen molar-refractivity contribution in [2.45, 2.75) is 18.0 Å². The number of thioether (sulfide) groups is 1. The van der Waals surface area contributed by atoms with Crippen LogP contribution < -0.4 is 4.74 Å². The molecule has 0 aliphatic carbocycles. The number of hydrogen-bond acceptors (Lipinski definition) is 7. The zero-order valence-corrected chi connectivity index (χ0v) is 16.4. The number of nitriles is 1. The highest BCUT2D eigenvalue weighted by Gasteiger charge is 2.26. The fourth-order valence-corrected chi connectivity index (χ4v) is 4.05. The maximum atomic E-state index is 11.6. The van der Waals surface area contributed by atoms with E-state index >= 15 is 0 Å². The van der Waals surface area contributed by atoms with Gasteiger partial charge in [0.05, 0.1) is 25.5 Å². The number of ether oxygens (including phenoxy) is 2. The molecular weight excluding hydrogens is 362 g/mol. The second-order valence-electron chi connectivity index (χ2n) is 6.26. The van der Waals surface area contributed by atoms with Gasteiger partial charge in [0.1, 0.15) is 16.8 Å². The predicted octanol–water partition coefficient (Wildman–Crippen LogP) is 2.88.